The summed E-state index contributed by atoms with van der Waals surface area (Å²) < 4.78 is 0. The standard InChI is InChI=1S/C11H17ClO/c12-7-9-5-4-8-2-1-3-10(13)6-11(8)9/h8-9,11H,1-7H2/t8-,9?,11+/m0/s1. The Bertz CT molecular complexity index is 202. The second-order valence-corrected chi connectivity index (χ2v) is 4.86. The van der Waals surface area contributed by atoms with E-state index in [1.807, 2.05) is 0 Å². The highest BCUT2D eigenvalue weighted by Crippen LogP contribution is 2.44. The molecule has 2 aliphatic rings. The molecule has 2 aliphatic carbocycles. The van der Waals surface area contributed by atoms with Crippen LogP contribution in [0.25, 0.3) is 0 Å². The minimum Gasteiger partial charge on any atom is -0.300 e. The zero-order chi connectivity index (χ0) is 9.26. The van der Waals surface area contributed by atoms with Gasteiger partial charge in [-0.05, 0) is 43.4 Å². The van der Waals surface area contributed by atoms with Gasteiger partial charge in [-0.15, -0.1) is 11.6 Å². The molecule has 2 heteroatoms. The van der Waals surface area contributed by atoms with Crippen LogP contribution in [0.3, 0.4) is 0 Å². The summed E-state index contributed by atoms with van der Waals surface area (Å²) in [6.45, 7) is 0. The summed E-state index contributed by atoms with van der Waals surface area (Å²) in [7, 11) is 0. The van der Waals surface area contributed by atoms with Crippen molar-refractivity contribution in [3.8, 4) is 0 Å². The van der Waals surface area contributed by atoms with Crippen LogP contribution in [-0.2, 0) is 4.79 Å². The number of carbonyl (C=O) groups is 1. The lowest BCUT2D eigenvalue weighted by Crippen LogP contribution is -2.17. The number of Topliss-reactive ketones (excluding diaryl/α,β-unsaturated/α-hetero) is 1. The molecule has 0 aromatic heterocycles. The lowest BCUT2D eigenvalue weighted by atomic mass is 9.86. The van der Waals surface area contributed by atoms with Crippen molar-refractivity contribution in [2.45, 2.75) is 38.5 Å². The van der Waals surface area contributed by atoms with Gasteiger partial charge < -0.3 is 0 Å². The molecule has 3 atom stereocenters. The van der Waals surface area contributed by atoms with Crippen LogP contribution in [0.1, 0.15) is 38.5 Å². The fraction of sp³-hybridized carbons (Fsp3) is 0.909. The largest absolute Gasteiger partial charge is 0.300 e. The van der Waals surface area contributed by atoms with E-state index < -0.39 is 0 Å². The fourth-order valence-electron chi connectivity index (χ4n) is 3.05. The maximum atomic E-state index is 11.4. The third-order valence-corrected chi connectivity index (χ3v) is 4.21. The van der Waals surface area contributed by atoms with Crippen molar-refractivity contribution in [3.63, 3.8) is 0 Å². The van der Waals surface area contributed by atoms with Crippen LogP contribution in [0, 0.1) is 17.8 Å². The van der Waals surface area contributed by atoms with E-state index in [0.717, 1.165) is 31.1 Å². The number of hydrogen-bond donors (Lipinski definition) is 0. The monoisotopic (exact) mass is 200 g/mol. The van der Waals surface area contributed by atoms with Crippen LogP contribution in [0.4, 0.5) is 0 Å². The Morgan fingerprint density at radius 2 is 2.15 bits per heavy atom. The maximum absolute atomic E-state index is 11.4. The molecule has 2 saturated carbocycles. The average molecular weight is 201 g/mol. The van der Waals surface area contributed by atoms with Crippen LogP contribution in [0.5, 0.6) is 0 Å². The van der Waals surface area contributed by atoms with Crippen molar-refractivity contribution in [1.29, 1.82) is 0 Å². The van der Waals surface area contributed by atoms with E-state index in [4.69, 9.17) is 11.6 Å². The fourth-order valence-corrected chi connectivity index (χ4v) is 3.43. The Morgan fingerprint density at radius 3 is 2.92 bits per heavy atom. The van der Waals surface area contributed by atoms with Crippen LogP contribution in [0.15, 0.2) is 0 Å². The molecule has 0 aromatic rings. The van der Waals surface area contributed by atoms with Gasteiger partial charge in [0.25, 0.3) is 0 Å². The van der Waals surface area contributed by atoms with E-state index in [9.17, 15) is 4.79 Å². The smallest absolute Gasteiger partial charge is 0.133 e. The van der Waals surface area contributed by atoms with Crippen molar-refractivity contribution in [1.82, 2.24) is 0 Å². The highest BCUT2D eigenvalue weighted by Gasteiger charge is 2.37. The van der Waals surface area contributed by atoms with Gasteiger partial charge in [0, 0.05) is 18.7 Å². The Labute approximate surface area is 84.8 Å². The quantitative estimate of drug-likeness (QED) is 0.595. The topological polar surface area (TPSA) is 17.1 Å². The van der Waals surface area contributed by atoms with Crippen LogP contribution in [0.2, 0.25) is 0 Å². The number of ketones is 1. The SMILES string of the molecule is O=C1CCC[C@H]2CCC(CCl)[C@@H]2C1. The summed E-state index contributed by atoms with van der Waals surface area (Å²) in [5.41, 5.74) is 0. The Kier molecular flexibility index (Phi) is 2.92. The minimum atomic E-state index is 0.476. The van der Waals surface area contributed by atoms with E-state index in [0.29, 0.717) is 17.6 Å². The molecule has 0 bridgehead atoms. The second kappa shape index (κ2) is 4.00. The predicted molar refractivity (Wildman–Crippen MR) is 53.9 cm³/mol. The van der Waals surface area contributed by atoms with Crippen molar-refractivity contribution in [2.75, 3.05) is 5.88 Å². The molecule has 0 spiro atoms. The molecule has 0 N–H and O–H groups in total. The summed E-state index contributed by atoms with van der Waals surface area (Å²) >= 11 is 5.92. The Hall–Kier alpha value is -0.0400. The van der Waals surface area contributed by atoms with Crippen molar-refractivity contribution < 1.29 is 4.79 Å². The summed E-state index contributed by atoms with van der Waals surface area (Å²) in [4.78, 5) is 11.4. The summed E-state index contributed by atoms with van der Waals surface area (Å²) in [6, 6.07) is 0. The van der Waals surface area contributed by atoms with Crippen molar-refractivity contribution >= 4 is 17.4 Å². The summed E-state index contributed by atoms with van der Waals surface area (Å²) in [5, 5.41) is 0. The van der Waals surface area contributed by atoms with Crippen LogP contribution in [-0.4, -0.2) is 11.7 Å². The summed E-state index contributed by atoms with van der Waals surface area (Å²) in [6.07, 6.45) is 6.60. The molecule has 0 saturated heterocycles. The van der Waals surface area contributed by atoms with Gasteiger partial charge >= 0.3 is 0 Å². The average Bonchev–Trinajstić information content (AvgIpc) is 2.39. The first-order valence-electron chi connectivity index (χ1n) is 5.39. The first-order chi connectivity index (χ1) is 6.31. The van der Waals surface area contributed by atoms with E-state index in [2.05, 4.69) is 0 Å². The highest BCUT2D eigenvalue weighted by molar-refractivity contribution is 6.18. The first kappa shape index (κ1) is 9.51. The molecule has 74 valence electrons. The van der Waals surface area contributed by atoms with E-state index in [1.54, 1.807) is 0 Å². The van der Waals surface area contributed by atoms with Gasteiger partial charge in [0.15, 0.2) is 0 Å². The Morgan fingerprint density at radius 1 is 1.31 bits per heavy atom. The van der Waals surface area contributed by atoms with Gasteiger partial charge in [0.05, 0.1) is 0 Å². The van der Waals surface area contributed by atoms with Gasteiger partial charge in [0.1, 0.15) is 5.78 Å². The van der Waals surface area contributed by atoms with Gasteiger partial charge in [0.2, 0.25) is 0 Å². The number of rotatable bonds is 1. The van der Waals surface area contributed by atoms with E-state index in [1.165, 1.54) is 19.3 Å². The lowest BCUT2D eigenvalue weighted by Gasteiger charge is -2.20. The lowest BCUT2D eigenvalue weighted by molar-refractivity contribution is -0.119. The van der Waals surface area contributed by atoms with E-state index >= 15 is 0 Å². The Balaban J connectivity index is 2.06. The van der Waals surface area contributed by atoms with Crippen LogP contribution >= 0.6 is 11.6 Å². The summed E-state index contributed by atoms with van der Waals surface area (Å²) in [5.74, 6) is 3.31. The number of halogens is 1. The molecular formula is C11H17ClO. The third kappa shape index (κ3) is 1.90. The van der Waals surface area contributed by atoms with Gasteiger partial charge in [-0.1, -0.05) is 0 Å². The second-order valence-electron chi connectivity index (χ2n) is 4.55. The molecule has 2 rings (SSSR count). The third-order valence-electron chi connectivity index (χ3n) is 3.81. The molecule has 0 amide bonds. The molecule has 2 fully saturated rings. The number of fused-ring (bicyclic) bond motifs is 1. The zero-order valence-corrected chi connectivity index (χ0v) is 8.72. The first-order valence-corrected chi connectivity index (χ1v) is 5.92. The molecule has 0 aliphatic heterocycles. The predicted octanol–water partition coefficient (Wildman–Crippen LogP) is 3.01. The highest BCUT2D eigenvalue weighted by atomic mass is 35.5. The molecule has 1 unspecified atom stereocenters. The molecular weight excluding hydrogens is 184 g/mol. The molecule has 0 radical (unpaired) electrons. The van der Waals surface area contributed by atoms with Crippen molar-refractivity contribution in [2.24, 2.45) is 17.8 Å². The van der Waals surface area contributed by atoms with Gasteiger partial charge in [-0.25, -0.2) is 0 Å². The van der Waals surface area contributed by atoms with Crippen LogP contribution < -0.4 is 0 Å². The normalized spacial score (nSPS) is 40.1. The molecule has 1 nitrogen and oxygen atoms in total. The van der Waals surface area contributed by atoms with E-state index in [-0.39, 0.29) is 0 Å². The van der Waals surface area contributed by atoms with Gasteiger partial charge in [-0.3, -0.25) is 4.79 Å². The van der Waals surface area contributed by atoms with Crippen molar-refractivity contribution in [3.05, 3.63) is 0 Å². The number of hydrogen-bond acceptors (Lipinski definition) is 1. The maximum Gasteiger partial charge on any atom is 0.133 e. The molecule has 13 heavy (non-hydrogen) atoms. The number of carbonyl (C=O) groups excluding carboxylic acids is 1. The molecule has 0 heterocycles. The molecule has 0 aromatic carbocycles. The minimum absolute atomic E-state index is 0.476. The number of alkyl halides is 1. The zero-order valence-electron chi connectivity index (χ0n) is 7.97. The van der Waals surface area contributed by atoms with Gasteiger partial charge in [-0.2, -0.15) is 0 Å².